The molecule has 3 aromatic carbocycles. The topological polar surface area (TPSA) is 88.1 Å². The summed E-state index contributed by atoms with van der Waals surface area (Å²) in [6, 6.07) is 12.7. The quantitative estimate of drug-likeness (QED) is 0.160. The summed E-state index contributed by atoms with van der Waals surface area (Å²) in [5.74, 6) is -3.06. The van der Waals surface area contributed by atoms with Crippen molar-refractivity contribution in [2.24, 2.45) is 0 Å². The van der Waals surface area contributed by atoms with E-state index >= 15 is 0 Å². The largest absolute Gasteiger partial charge is 0.455 e. The Kier molecular flexibility index (Phi) is 7.72. The maximum Gasteiger partial charge on any atom is 0.423 e. The lowest BCUT2D eigenvalue weighted by Crippen LogP contribution is -2.52. The molecule has 4 rings (SSSR count). The highest BCUT2D eigenvalue weighted by atomic mass is 19.4. The molecule has 1 aliphatic carbocycles. The molecule has 7 nitrogen and oxygen atoms in total. The van der Waals surface area contributed by atoms with Crippen molar-refractivity contribution in [3.05, 3.63) is 59.7 Å². The second kappa shape index (κ2) is 10.6. The first-order chi connectivity index (χ1) is 18.6. The Balaban J connectivity index is 2.13. The fraction of sp³-hybridized carbons (Fsp3) is 0.370. The highest BCUT2D eigenvalue weighted by Crippen LogP contribution is 2.50. The number of rotatable bonds is 5. The zero-order valence-electron chi connectivity index (χ0n) is 21.1. The molecule has 4 atom stereocenters. The van der Waals surface area contributed by atoms with Gasteiger partial charge in [0.05, 0.1) is 0 Å². The third-order valence-electron chi connectivity index (χ3n) is 6.27. The van der Waals surface area contributed by atoms with Crippen molar-refractivity contribution in [3.63, 3.8) is 0 Å². The maximum atomic E-state index is 13.8. The van der Waals surface area contributed by atoms with Gasteiger partial charge < -0.3 is 18.9 Å². The SMILES string of the molecule is CC(=O)O[C@@H]1[C@H](OC(C)=O)[C@H](OC(C(F)(F)F)C(F)(F)F)c2c(ccc3ccc4ccccc4c23)[C@H]1OC(C)=O. The van der Waals surface area contributed by atoms with E-state index in [9.17, 15) is 40.7 Å². The van der Waals surface area contributed by atoms with Crippen LogP contribution in [0.1, 0.15) is 44.1 Å². The van der Waals surface area contributed by atoms with Crippen molar-refractivity contribution in [1.82, 2.24) is 0 Å². The number of halogens is 6. The highest BCUT2D eigenvalue weighted by Gasteiger charge is 2.61. The molecule has 1 aliphatic rings. The molecule has 214 valence electrons. The molecule has 0 radical (unpaired) electrons. The average molecular weight is 572 g/mol. The maximum absolute atomic E-state index is 13.8. The molecule has 0 saturated heterocycles. The molecule has 3 aromatic rings. The number of hydrogen-bond donors (Lipinski definition) is 0. The van der Waals surface area contributed by atoms with Gasteiger partial charge in [-0.15, -0.1) is 0 Å². The van der Waals surface area contributed by atoms with Gasteiger partial charge in [0.1, 0.15) is 6.10 Å². The number of fused-ring (bicyclic) bond motifs is 5. The number of esters is 3. The van der Waals surface area contributed by atoms with Gasteiger partial charge in [-0.25, -0.2) is 0 Å². The summed E-state index contributed by atoms with van der Waals surface area (Å²) < 4.78 is 103. The van der Waals surface area contributed by atoms with Crippen molar-refractivity contribution in [2.75, 3.05) is 0 Å². The van der Waals surface area contributed by atoms with E-state index in [-0.39, 0.29) is 16.5 Å². The summed E-state index contributed by atoms with van der Waals surface area (Å²) >= 11 is 0. The molecular weight excluding hydrogens is 550 g/mol. The van der Waals surface area contributed by atoms with Gasteiger partial charge in [0, 0.05) is 31.9 Å². The Labute approximate surface area is 222 Å². The second-order valence-electron chi connectivity index (χ2n) is 9.15. The number of ether oxygens (including phenoxy) is 4. The molecule has 0 aromatic heterocycles. The van der Waals surface area contributed by atoms with Crippen molar-refractivity contribution in [2.45, 2.75) is 63.6 Å². The molecule has 0 amide bonds. The number of alkyl halides is 6. The van der Waals surface area contributed by atoms with Gasteiger partial charge in [-0.3, -0.25) is 14.4 Å². The molecule has 0 aliphatic heterocycles. The molecule has 0 spiro atoms. The summed E-state index contributed by atoms with van der Waals surface area (Å²) in [7, 11) is 0. The molecular formula is C27H22F6O7. The van der Waals surface area contributed by atoms with Crippen LogP contribution in [0.3, 0.4) is 0 Å². The van der Waals surface area contributed by atoms with E-state index in [2.05, 4.69) is 0 Å². The summed E-state index contributed by atoms with van der Waals surface area (Å²) in [6.45, 7) is 2.79. The van der Waals surface area contributed by atoms with E-state index in [1.807, 2.05) is 0 Å². The zero-order valence-corrected chi connectivity index (χ0v) is 21.1. The summed E-state index contributed by atoms with van der Waals surface area (Å²) in [4.78, 5) is 36.2. The molecule has 13 heteroatoms. The van der Waals surface area contributed by atoms with E-state index in [4.69, 9.17) is 18.9 Å². The van der Waals surface area contributed by atoms with Crippen LogP contribution in [0.4, 0.5) is 26.3 Å². The van der Waals surface area contributed by atoms with Gasteiger partial charge in [-0.05, 0) is 21.5 Å². The molecule has 0 saturated carbocycles. The lowest BCUT2D eigenvalue weighted by Gasteiger charge is -2.43. The normalized spacial score (nSPS) is 21.2. The number of carbonyl (C=O) groups excluding carboxylic acids is 3. The molecule has 0 bridgehead atoms. The van der Waals surface area contributed by atoms with Crippen LogP contribution in [0.2, 0.25) is 0 Å². The minimum atomic E-state index is -5.92. The van der Waals surface area contributed by atoms with Gasteiger partial charge in [0.15, 0.2) is 18.3 Å². The van der Waals surface area contributed by atoms with Gasteiger partial charge >= 0.3 is 30.3 Å². The molecule has 40 heavy (non-hydrogen) atoms. The fourth-order valence-corrected chi connectivity index (χ4v) is 4.96. The first kappa shape index (κ1) is 29.1. The van der Waals surface area contributed by atoms with Crippen molar-refractivity contribution < 1.29 is 59.7 Å². The van der Waals surface area contributed by atoms with E-state index < -0.39 is 60.8 Å². The van der Waals surface area contributed by atoms with Crippen LogP contribution in [0, 0.1) is 0 Å². The molecule has 0 N–H and O–H groups in total. The van der Waals surface area contributed by atoms with Crippen LogP contribution < -0.4 is 0 Å². The van der Waals surface area contributed by atoms with Crippen LogP contribution in [-0.2, 0) is 33.3 Å². The monoisotopic (exact) mass is 572 g/mol. The minimum absolute atomic E-state index is 0.0817. The van der Waals surface area contributed by atoms with Crippen LogP contribution >= 0.6 is 0 Å². The third kappa shape index (κ3) is 5.69. The van der Waals surface area contributed by atoms with E-state index in [1.165, 1.54) is 12.1 Å². The van der Waals surface area contributed by atoms with Crippen LogP contribution in [0.5, 0.6) is 0 Å². The summed E-state index contributed by atoms with van der Waals surface area (Å²) in [5.41, 5.74) is -0.324. The van der Waals surface area contributed by atoms with E-state index in [0.29, 0.717) is 16.2 Å². The summed E-state index contributed by atoms with van der Waals surface area (Å²) in [5, 5.41) is 1.59. The van der Waals surface area contributed by atoms with Gasteiger partial charge in [-0.1, -0.05) is 48.5 Å². The van der Waals surface area contributed by atoms with Crippen LogP contribution in [0.15, 0.2) is 48.5 Å². The predicted octanol–water partition coefficient (Wildman–Crippen LogP) is 6.03. The Bertz CT molecular complexity index is 1450. The van der Waals surface area contributed by atoms with Crippen molar-refractivity contribution in [3.8, 4) is 0 Å². The Morgan fingerprint density at radius 3 is 1.73 bits per heavy atom. The predicted molar refractivity (Wildman–Crippen MR) is 127 cm³/mol. The smallest absolute Gasteiger partial charge is 0.423 e. The van der Waals surface area contributed by atoms with Crippen LogP contribution in [-0.4, -0.2) is 48.6 Å². The minimum Gasteiger partial charge on any atom is -0.455 e. The first-order valence-electron chi connectivity index (χ1n) is 11.8. The average Bonchev–Trinajstić information content (AvgIpc) is 2.82. The number of benzene rings is 3. The molecule has 0 unspecified atom stereocenters. The third-order valence-corrected chi connectivity index (χ3v) is 6.27. The number of carbonyl (C=O) groups is 3. The lowest BCUT2D eigenvalue weighted by molar-refractivity contribution is -0.341. The first-order valence-corrected chi connectivity index (χ1v) is 11.8. The van der Waals surface area contributed by atoms with Gasteiger partial charge in [0.2, 0.25) is 6.10 Å². The standard InChI is InChI=1S/C27H22F6O7/c1-12(34)37-21-18-11-10-16-9-8-15-6-4-5-7-17(15)19(16)20(18)22(40-25(26(28,29)30)27(31,32)33)24(39-14(3)36)23(21)38-13(2)35/h4-11,21-25H,1-3H3/t21-,22-,23+,24-/m1/s1. The number of hydrogen-bond acceptors (Lipinski definition) is 7. The van der Waals surface area contributed by atoms with Crippen molar-refractivity contribution >= 4 is 39.5 Å². The Hall–Kier alpha value is -3.87. The van der Waals surface area contributed by atoms with Crippen molar-refractivity contribution in [1.29, 1.82) is 0 Å². The van der Waals surface area contributed by atoms with E-state index in [0.717, 1.165) is 20.8 Å². The van der Waals surface area contributed by atoms with Gasteiger partial charge in [0.25, 0.3) is 0 Å². The van der Waals surface area contributed by atoms with Gasteiger partial charge in [-0.2, -0.15) is 26.3 Å². The lowest BCUT2D eigenvalue weighted by atomic mass is 9.79. The molecule has 0 heterocycles. The second-order valence-corrected chi connectivity index (χ2v) is 9.15. The van der Waals surface area contributed by atoms with E-state index in [1.54, 1.807) is 36.4 Å². The fourth-order valence-electron chi connectivity index (χ4n) is 4.96. The Morgan fingerprint density at radius 1 is 0.675 bits per heavy atom. The zero-order chi connectivity index (χ0) is 29.6. The highest BCUT2D eigenvalue weighted by molar-refractivity contribution is 6.10. The summed E-state index contributed by atoms with van der Waals surface area (Å²) in [6.07, 6.45) is -23.9. The Morgan fingerprint density at radius 2 is 1.18 bits per heavy atom. The van der Waals surface area contributed by atoms with Crippen LogP contribution in [0.25, 0.3) is 21.5 Å². The molecule has 0 fully saturated rings.